The van der Waals surface area contributed by atoms with Gasteiger partial charge in [0, 0.05) is 7.05 Å². The molecule has 6 heteroatoms. The van der Waals surface area contributed by atoms with E-state index in [1.807, 2.05) is 7.05 Å². The lowest BCUT2D eigenvalue weighted by Crippen LogP contribution is -1.94. The Bertz CT molecular complexity index is 742. The van der Waals surface area contributed by atoms with E-state index < -0.39 is 5.97 Å². The highest BCUT2D eigenvalue weighted by Gasteiger charge is 2.13. The summed E-state index contributed by atoms with van der Waals surface area (Å²) in [5.74, 6) is -0.567. The van der Waals surface area contributed by atoms with Crippen LogP contribution in [0.4, 0.5) is 0 Å². The molecule has 0 aliphatic rings. The summed E-state index contributed by atoms with van der Waals surface area (Å²) in [5, 5.41) is 8.90. The number of fused-ring (bicyclic) bond motifs is 1. The van der Waals surface area contributed by atoms with Gasteiger partial charge in [0.15, 0.2) is 5.58 Å². The van der Waals surface area contributed by atoms with E-state index in [1.54, 1.807) is 23.2 Å². The summed E-state index contributed by atoms with van der Waals surface area (Å²) in [6.45, 7) is 0. The first-order valence-electron chi connectivity index (χ1n) is 5.26. The predicted molar refractivity (Wildman–Crippen MR) is 63.2 cm³/mol. The Balaban J connectivity index is 2.17. The molecule has 1 aromatic carbocycles. The summed E-state index contributed by atoms with van der Waals surface area (Å²) in [6.07, 6.45) is 3.29. The minimum absolute atomic E-state index is 0.176. The van der Waals surface area contributed by atoms with E-state index in [0.717, 1.165) is 5.69 Å². The predicted octanol–water partition coefficient (Wildman–Crippen LogP) is 1.93. The number of aromatic nitrogens is 3. The maximum absolute atomic E-state index is 10.9. The first-order chi connectivity index (χ1) is 8.65. The summed E-state index contributed by atoms with van der Waals surface area (Å²) in [5.41, 5.74) is 1.99. The van der Waals surface area contributed by atoms with Gasteiger partial charge in [0.2, 0.25) is 5.89 Å². The second-order valence-electron chi connectivity index (χ2n) is 3.90. The van der Waals surface area contributed by atoms with Crippen LogP contribution in [0.1, 0.15) is 10.4 Å². The quantitative estimate of drug-likeness (QED) is 0.743. The van der Waals surface area contributed by atoms with Gasteiger partial charge in [0.05, 0.1) is 18.1 Å². The van der Waals surface area contributed by atoms with Gasteiger partial charge in [-0.15, -0.1) is 0 Å². The van der Waals surface area contributed by atoms with Crippen LogP contribution in [-0.4, -0.2) is 25.6 Å². The topological polar surface area (TPSA) is 81.2 Å². The molecule has 0 bridgehead atoms. The van der Waals surface area contributed by atoms with Crippen molar-refractivity contribution in [2.24, 2.45) is 7.05 Å². The van der Waals surface area contributed by atoms with E-state index in [9.17, 15) is 4.79 Å². The van der Waals surface area contributed by atoms with Gasteiger partial charge in [-0.2, -0.15) is 0 Å². The Kier molecular flexibility index (Phi) is 2.16. The second kappa shape index (κ2) is 3.69. The van der Waals surface area contributed by atoms with Gasteiger partial charge in [0.25, 0.3) is 0 Å². The van der Waals surface area contributed by atoms with Crippen molar-refractivity contribution < 1.29 is 14.3 Å². The fraction of sp³-hybridized carbons (Fsp3) is 0.0833. The molecule has 0 saturated carbocycles. The average molecular weight is 243 g/mol. The maximum atomic E-state index is 10.9. The van der Waals surface area contributed by atoms with Crippen LogP contribution in [0, 0.1) is 0 Å². The molecule has 0 spiro atoms. The van der Waals surface area contributed by atoms with Crippen LogP contribution in [-0.2, 0) is 7.05 Å². The van der Waals surface area contributed by atoms with E-state index in [4.69, 9.17) is 9.52 Å². The summed E-state index contributed by atoms with van der Waals surface area (Å²) < 4.78 is 7.33. The Morgan fingerprint density at radius 2 is 2.28 bits per heavy atom. The molecule has 0 saturated heterocycles. The smallest absolute Gasteiger partial charge is 0.335 e. The number of carboxylic acids is 1. The van der Waals surface area contributed by atoms with Gasteiger partial charge in [-0.25, -0.2) is 14.8 Å². The number of carboxylic acid groups (broad SMARTS) is 1. The van der Waals surface area contributed by atoms with Crippen LogP contribution in [0.25, 0.3) is 22.7 Å². The first kappa shape index (κ1) is 10.5. The van der Waals surface area contributed by atoms with E-state index >= 15 is 0 Å². The lowest BCUT2D eigenvalue weighted by molar-refractivity contribution is 0.0697. The molecule has 0 unspecified atom stereocenters. The fourth-order valence-electron chi connectivity index (χ4n) is 1.73. The minimum Gasteiger partial charge on any atom is -0.478 e. The third-order valence-electron chi connectivity index (χ3n) is 2.67. The minimum atomic E-state index is -0.990. The van der Waals surface area contributed by atoms with Crippen LogP contribution in [0.3, 0.4) is 0 Å². The van der Waals surface area contributed by atoms with Crippen LogP contribution >= 0.6 is 0 Å². The molecule has 90 valence electrons. The lowest BCUT2D eigenvalue weighted by Gasteiger charge is -1.94. The number of oxazole rings is 1. The highest BCUT2D eigenvalue weighted by atomic mass is 16.4. The van der Waals surface area contributed by atoms with Gasteiger partial charge in [-0.1, -0.05) is 0 Å². The monoisotopic (exact) mass is 243 g/mol. The molecular weight excluding hydrogens is 234 g/mol. The van der Waals surface area contributed by atoms with E-state index in [-0.39, 0.29) is 5.56 Å². The van der Waals surface area contributed by atoms with Crippen molar-refractivity contribution in [1.82, 2.24) is 14.5 Å². The van der Waals surface area contributed by atoms with Gasteiger partial charge in [-0.05, 0) is 18.2 Å². The third-order valence-corrected chi connectivity index (χ3v) is 2.67. The van der Waals surface area contributed by atoms with Crippen LogP contribution in [0.15, 0.2) is 35.1 Å². The zero-order valence-corrected chi connectivity index (χ0v) is 9.49. The van der Waals surface area contributed by atoms with Gasteiger partial charge >= 0.3 is 5.97 Å². The van der Waals surface area contributed by atoms with E-state index in [2.05, 4.69) is 9.97 Å². The number of hydrogen-bond acceptors (Lipinski definition) is 4. The largest absolute Gasteiger partial charge is 0.478 e. The van der Waals surface area contributed by atoms with Crippen molar-refractivity contribution in [3.8, 4) is 11.6 Å². The number of nitrogens with zero attached hydrogens (tertiary/aromatic N) is 3. The van der Waals surface area contributed by atoms with Crippen LogP contribution < -0.4 is 0 Å². The normalized spacial score (nSPS) is 10.9. The SMILES string of the molecule is Cn1cncc1-c1nc2ccc(C(=O)O)cc2o1. The molecule has 0 radical (unpaired) electrons. The van der Waals surface area contributed by atoms with Gasteiger partial charge < -0.3 is 14.1 Å². The van der Waals surface area contributed by atoms with Crippen LogP contribution in [0.5, 0.6) is 0 Å². The van der Waals surface area contributed by atoms with Crippen molar-refractivity contribution in [1.29, 1.82) is 0 Å². The molecule has 0 amide bonds. The number of carbonyl (C=O) groups is 1. The molecule has 0 atom stereocenters. The molecule has 0 aliphatic heterocycles. The summed E-state index contributed by atoms with van der Waals surface area (Å²) in [7, 11) is 1.83. The third kappa shape index (κ3) is 1.55. The maximum Gasteiger partial charge on any atom is 0.335 e. The van der Waals surface area contributed by atoms with Crippen molar-refractivity contribution >= 4 is 17.1 Å². The Morgan fingerprint density at radius 3 is 2.94 bits per heavy atom. The van der Waals surface area contributed by atoms with Crippen molar-refractivity contribution in [2.75, 3.05) is 0 Å². The highest BCUT2D eigenvalue weighted by Crippen LogP contribution is 2.24. The second-order valence-corrected chi connectivity index (χ2v) is 3.90. The van der Waals surface area contributed by atoms with Gasteiger partial charge in [0.1, 0.15) is 11.2 Å². The molecule has 3 rings (SSSR count). The molecular formula is C12H9N3O3. The number of aryl methyl sites for hydroxylation is 1. The molecule has 0 fully saturated rings. The highest BCUT2D eigenvalue weighted by molar-refractivity contribution is 5.92. The number of rotatable bonds is 2. The summed E-state index contributed by atoms with van der Waals surface area (Å²) in [4.78, 5) is 19.1. The zero-order valence-electron chi connectivity index (χ0n) is 9.49. The standard InChI is InChI=1S/C12H9N3O3/c1-15-6-13-5-9(15)11-14-8-3-2-7(12(16)17)4-10(8)18-11/h2-6H,1H3,(H,16,17). The van der Waals surface area contributed by atoms with E-state index in [0.29, 0.717) is 17.0 Å². The number of benzene rings is 1. The number of hydrogen-bond donors (Lipinski definition) is 1. The Hall–Kier alpha value is -2.63. The molecule has 0 aliphatic carbocycles. The molecule has 3 aromatic rings. The first-order valence-corrected chi connectivity index (χ1v) is 5.26. The number of aromatic carboxylic acids is 1. The molecule has 18 heavy (non-hydrogen) atoms. The fourth-order valence-corrected chi connectivity index (χ4v) is 1.73. The van der Waals surface area contributed by atoms with Crippen molar-refractivity contribution in [2.45, 2.75) is 0 Å². The lowest BCUT2D eigenvalue weighted by atomic mass is 10.2. The van der Waals surface area contributed by atoms with Crippen LogP contribution in [0.2, 0.25) is 0 Å². The molecule has 6 nitrogen and oxygen atoms in total. The average Bonchev–Trinajstić information content (AvgIpc) is 2.92. The van der Waals surface area contributed by atoms with E-state index in [1.165, 1.54) is 12.1 Å². The van der Waals surface area contributed by atoms with Gasteiger partial charge in [-0.3, -0.25) is 0 Å². The summed E-state index contributed by atoms with van der Waals surface area (Å²) in [6, 6.07) is 4.59. The van der Waals surface area contributed by atoms with Crippen molar-refractivity contribution in [3.63, 3.8) is 0 Å². The zero-order chi connectivity index (χ0) is 12.7. The number of imidazole rings is 1. The Morgan fingerprint density at radius 1 is 1.44 bits per heavy atom. The molecule has 1 N–H and O–H groups in total. The molecule has 2 aromatic heterocycles. The Labute approximate surface area is 102 Å². The summed E-state index contributed by atoms with van der Waals surface area (Å²) >= 11 is 0. The van der Waals surface area contributed by atoms with Crippen molar-refractivity contribution in [3.05, 3.63) is 36.3 Å². The molecule has 2 heterocycles.